The van der Waals surface area contributed by atoms with Gasteiger partial charge in [-0.2, -0.15) is 0 Å². The quantitative estimate of drug-likeness (QED) is 0.623. The van der Waals surface area contributed by atoms with Crippen molar-refractivity contribution in [2.75, 3.05) is 6.54 Å². The van der Waals surface area contributed by atoms with E-state index in [4.69, 9.17) is 0 Å². The molecule has 0 saturated heterocycles. The Bertz CT molecular complexity index is 231. The third-order valence-electron chi connectivity index (χ3n) is 1.73. The van der Waals surface area contributed by atoms with E-state index in [0.29, 0.717) is 5.92 Å². The van der Waals surface area contributed by atoms with Crippen LogP contribution in [0.4, 0.5) is 0 Å². The predicted molar refractivity (Wildman–Crippen MR) is 49.0 cm³/mol. The first kappa shape index (κ1) is 8.97. The largest absolute Gasteiger partial charge is 0.325 e. The summed E-state index contributed by atoms with van der Waals surface area (Å²) in [5.74, 6) is 0.455. The average Bonchev–Trinajstić information content (AvgIpc) is 2.12. The minimum atomic E-state index is -0.0400. The second-order valence-electron chi connectivity index (χ2n) is 3.10. The van der Waals surface area contributed by atoms with Gasteiger partial charge in [-0.15, -0.1) is 0 Å². The molecule has 0 aromatic carbocycles. The molecule has 1 N–H and O–H groups in total. The van der Waals surface area contributed by atoms with Crippen LogP contribution in [-0.2, 0) is 4.79 Å². The molecular formula is C9H14N2O. The molecule has 0 spiro atoms. The molecule has 1 rings (SSSR count). The third kappa shape index (κ3) is 2.86. The Morgan fingerprint density at radius 1 is 1.75 bits per heavy atom. The summed E-state index contributed by atoms with van der Waals surface area (Å²) in [7, 11) is 0. The summed E-state index contributed by atoms with van der Waals surface area (Å²) in [4.78, 5) is 14.9. The van der Waals surface area contributed by atoms with Gasteiger partial charge in [-0.05, 0) is 12.3 Å². The summed E-state index contributed by atoms with van der Waals surface area (Å²) in [5.41, 5.74) is 0.826. The summed E-state index contributed by atoms with van der Waals surface area (Å²) < 4.78 is 0. The molecule has 0 bridgehead atoms. The molecule has 1 aliphatic rings. The molecule has 1 amide bonds. The van der Waals surface area contributed by atoms with Crippen LogP contribution >= 0.6 is 0 Å². The van der Waals surface area contributed by atoms with E-state index < -0.39 is 0 Å². The van der Waals surface area contributed by atoms with Crippen molar-refractivity contribution in [1.29, 1.82) is 0 Å². The van der Waals surface area contributed by atoms with Gasteiger partial charge in [-0.25, -0.2) is 0 Å². The normalized spacial score (nSPS) is 22.8. The number of carbonyl (C=O) groups is 1. The number of nitrogens with zero attached hydrogens (tertiary/aromatic N) is 1. The van der Waals surface area contributed by atoms with Gasteiger partial charge in [0.1, 0.15) is 0 Å². The zero-order chi connectivity index (χ0) is 8.97. The first-order chi connectivity index (χ1) is 5.68. The lowest BCUT2D eigenvalue weighted by atomic mass is 10.1. The molecule has 0 aromatic rings. The zero-order valence-corrected chi connectivity index (χ0v) is 7.50. The monoisotopic (exact) mass is 166 g/mol. The van der Waals surface area contributed by atoms with E-state index in [1.807, 2.05) is 6.08 Å². The average molecular weight is 166 g/mol. The Balaban J connectivity index is 2.64. The SMILES string of the molecule is CC(=O)NC1=CC(C)CCN=C1. The zero-order valence-electron chi connectivity index (χ0n) is 7.50. The van der Waals surface area contributed by atoms with Gasteiger partial charge in [0.2, 0.25) is 5.91 Å². The molecule has 1 atom stereocenters. The van der Waals surface area contributed by atoms with Crippen molar-refractivity contribution >= 4 is 12.1 Å². The minimum Gasteiger partial charge on any atom is -0.325 e. The van der Waals surface area contributed by atoms with Crippen molar-refractivity contribution < 1.29 is 4.79 Å². The van der Waals surface area contributed by atoms with E-state index in [1.54, 1.807) is 6.21 Å². The second-order valence-corrected chi connectivity index (χ2v) is 3.10. The molecule has 1 aliphatic heterocycles. The maximum atomic E-state index is 10.7. The fraction of sp³-hybridized carbons (Fsp3) is 0.556. The van der Waals surface area contributed by atoms with Crippen LogP contribution in [0.25, 0.3) is 0 Å². The Kier molecular flexibility index (Phi) is 3.02. The van der Waals surface area contributed by atoms with Crippen LogP contribution in [0.5, 0.6) is 0 Å². The number of rotatable bonds is 1. The van der Waals surface area contributed by atoms with E-state index in [2.05, 4.69) is 17.2 Å². The van der Waals surface area contributed by atoms with Crippen LogP contribution in [0, 0.1) is 5.92 Å². The van der Waals surface area contributed by atoms with Crippen LogP contribution in [0.15, 0.2) is 16.8 Å². The van der Waals surface area contributed by atoms with Gasteiger partial charge < -0.3 is 5.32 Å². The molecule has 0 saturated carbocycles. The van der Waals surface area contributed by atoms with Gasteiger partial charge in [0.05, 0.1) is 5.70 Å². The second kappa shape index (κ2) is 4.04. The molecule has 12 heavy (non-hydrogen) atoms. The van der Waals surface area contributed by atoms with Crippen LogP contribution in [-0.4, -0.2) is 18.7 Å². The maximum absolute atomic E-state index is 10.7. The highest BCUT2D eigenvalue weighted by Crippen LogP contribution is 2.08. The van der Waals surface area contributed by atoms with E-state index in [0.717, 1.165) is 18.7 Å². The van der Waals surface area contributed by atoms with Gasteiger partial charge in [0.25, 0.3) is 0 Å². The fourth-order valence-electron chi connectivity index (χ4n) is 1.15. The van der Waals surface area contributed by atoms with Gasteiger partial charge in [0, 0.05) is 19.7 Å². The molecular weight excluding hydrogens is 152 g/mol. The standard InChI is InChI=1S/C9H14N2O/c1-7-3-4-10-6-9(5-7)11-8(2)12/h5-7H,3-4H2,1-2H3,(H,11,12). The number of hydrogen-bond acceptors (Lipinski definition) is 2. The van der Waals surface area contributed by atoms with Crippen LogP contribution < -0.4 is 5.32 Å². The van der Waals surface area contributed by atoms with Crippen molar-refractivity contribution in [3.05, 3.63) is 11.8 Å². The number of allylic oxidation sites excluding steroid dienone is 2. The Hall–Kier alpha value is -1.12. The van der Waals surface area contributed by atoms with Gasteiger partial charge in [-0.3, -0.25) is 9.79 Å². The third-order valence-corrected chi connectivity index (χ3v) is 1.73. The lowest BCUT2D eigenvalue weighted by Crippen LogP contribution is -2.20. The van der Waals surface area contributed by atoms with Crippen molar-refractivity contribution in [2.24, 2.45) is 10.9 Å². The molecule has 3 nitrogen and oxygen atoms in total. The first-order valence-corrected chi connectivity index (χ1v) is 4.17. The van der Waals surface area contributed by atoms with E-state index >= 15 is 0 Å². The molecule has 0 radical (unpaired) electrons. The topological polar surface area (TPSA) is 41.5 Å². The lowest BCUT2D eigenvalue weighted by Gasteiger charge is -2.03. The van der Waals surface area contributed by atoms with Crippen molar-refractivity contribution in [2.45, 2.75) is 20.3 Å². The molecule has 0 aromatic heterocycles. The predicted octanol–water partition coefficient (Wildman–Crippen LogP) is 1.12. The summed E-state index contributed by atoms with van der Waals surface area (Å²) >= 11 is 0. The highest BCUT2D eigenvalue weighted by molar-refractivity contribution is 5.86. The smallest absolute Gasteiger partial charge is 0.221 e. The Morgan fingerprint density at radius 3 is 3.17 bits per heavy atom. The minimum absolute atomic E-state index is 0.0400. The highest BCUT2D eigenvalue weighted by Gasteiger charge is 2.04. The van der Waals surface area contributed by atoms with Gasteiger partial charge >= 0.3 is 0 Å². The number of carbonyl (C=O) groups excluding carboxylic acids is 1. The lowest BCUT2D eigenvalue weighted by molar-refractivity contribution is -0.118. The van der Waals surface area contributed by atoms with Gasteiger partial charge in [0.15, 0.2) is 0 Å². The van der Waals surface area contributed by atoms with Crippen LogP contribution in [0.1, 0.15) is 20.3 Å². The number of hydrogen-bond donors (Lipinski definition) is 1. The Morgan fingerprint density at radius 2 is 2.50 bits per heavy atom. The number of aliphatic imine (C=N–C) groups is 1. The van der Waals surface area contributed by atoms with Crippen LogP contribution in [0.3, 0.4) is 0 Å². The molecule has 0 fully saturated rings. The van der Waals surface area contributed by atoms with E-state index in [1.165, 1.54) is 6.92 Å². The summed E-state index contributed by atoms with van der Waals surface area (Å²) in [5, 5.41) is 2.72. The van der Waals surface area contributed by atoms with E-state index in [9.17, 15) is 4.79 Å². The highest BCUT2D eigenvalue weighted by atomic mass is 16.1. The summed E-state index contributed by atoms with van der Waals surface area (Å²) in [6.45, 7) is 4.47. The molecule has 1 heterocycles. The van der Waals surface area contributed by atoms with Crippen molar-refractivity contribution in [3.63, 3.8) is 0 Å². The Labute approximate surface area is 72.6 Å². The number of nitrogens with one attached hydrogen (secondary N) is 1. The van der Waals surface area contributed by atoms with Crippen molar-refractivity contribution in [3.8, 4) is 0 Å². The molecule has 66 valence electrons. The molecule has 1 unspecified atom stereocenters. The maximum Gasteiger partial charge on any atom is 0.221 e. The molecule has 0 aliphatic carbocycles. The van der Waals surface area contributed by atoms with Crippen LogP contribution in [0.2, 0.25) is 0 Å². The summed E-state index contributed by atoms with van der Waals surface area (Å²) in [6.07, 6.45) is 4.82. The van der Waals surface area contributed by atoms with Gasteiger partial charge in [-0.1, -0.05) is 13.0 Å². The molecule has 3 heteroatoms. The van der Waals surface area contributed by atoms with E-state index in [-0.39, 0.29) is 5.91 Å². The summed E-state index contributed by atoms with van der Waals surface area (Å²) in [6, 6.07) is 0. The number of amides is 1. The van der Waals surface area contributed by atoms with Crippen molar-refractivity contribution in [1.82, 2.24) is 5.32 Å². The fourth-order valence-corrected chi connectivity index (χ4v) is 1.15. The first-order valence-electron chi connectivity index (χ1n) is 4.17.